The molecule has 1 aromatic heterocycles. The third kappa shape index (κ3) is 3.18. The molecule has 1 aliphatic rings. The van der Waals surface area contributed by atoms with E-state index in [0.717, 1.165) is 43.6 Å². The highest BCUT2D eigenvalue weighted by molar-refractivity contribution is 5.95. The lowest BCUT2D eigenvalue weighted by Crippen LogP contribution is -2.40. The molecule has 0 unspecified atom stereocenters. The summed E-state index contributed by atoms with van der Waals surface area (Å²) in [5.74, 6) is 0.909. The molecule has 0 aliphatic heterocycles. The first kappa shape index (κ1) is 14.1. The van der Waals surface area contributed by atoms with E-state index in [0.29, 0.717) is 12.6 Å². The van der Waals surface area contributed by atoms with Crippen LogP contribution in [0.2, 0.25) is 0 Å². The predicted molar refractivity (Wildman–Crippen MR) is 75.0 cm³/mol. The Labute approximate surface area is 114 Å². The maximum absolute atomic E-state index is 12.7. The van der Waals surface area contributed by atoms with E-state index < -0.39 is 0 Å². The molecule has 1 saturated carbocycles. The number of furan rings is 1. The van der Waals surface area contributed by atoms with Crippen LogP contribution >= 0.6 is 0 Å². The van der Waals surface area contributed by atoms with Crippen molar-refractivity contribution in [2.45, 2.75) is 51.5 Å². The summed E-state index contributed by atoms with van der Waals surface area (Å²) >= 11 is 0. The molecule has 2 rings (SSSR count). The molecular weight excluding hydrogens is 240 g/mol. The average molecular weight is 264 g/mol. The highest BCUT2D eigenvalue weighted by atomic mass is 16.3. The molecule has 0 aromatic carbocycles. The summed E-state index contributed by atoms with van der Waals surface area (Å²) in [6.45, 7) is 3.40. The number of hydrogen-bond acceptors (Lipinski definition) is 3. The van der Waals surface area contributed by atoms with Crippen LogP contribution in [0, 0.1) is 0 Å². The molecule has 1 aliphatic carbocycles. The monoisotopic (exact) mass is 264 g/mol. The van der Waals surface area contributed by atoms with Crippen molar-refractivity contribution in [3.63, 3.8) is 0 Å². The van der Waals surface area contributed by atoms with Crippen molar-refractivity contribution < 1.29 is 9.21 Å². The number of hydrogen-bond donors (Lipinski definition) is 1. The van der Waals surface area contributed by atoms with Gasteiger partial charge in [0.15, 0.2) is 0 Å². The smallest absolute Gasteiger partial charge is 0.257 e. The van der Waals surface area contributed by atoms with Crippen LogP contribution in [-0.4, -0.2) is 29.9 Å². The third-order valence-electron chi connectivity index (χ3n) is 3.93. The largest absolute Gasteiger partial charge is 0.469 e. The Kier molecular flexibility index (Phi) is 5.02. The number of rotatable bonds is 6. The Morgan fingerprint density at radius 1 is 1.47 bits per heavy atom. The maximum atomic E-state index is 12.7. The van der Waals surface area contributed by atoms with Crippen LogP contribution in [0.5, 0.6) is 0 Å². The number of carbonyl (C=O) groups is 1. The normalized spacial score (nSPS) is 15.9. The van der Waals surface area contributed by atoms with E-state index in [1.54, 1.807) is 12.3 Å². The fourth-order valence-corrected chi connectivity index (χ4v) is 2.89. The van der Waals surface area contributed by atoms with Gasteiger partial charge in [-0.3, -0.25) is 4.79 Å². The van der Waals surface area contributed by atoms with Crippen LogP contribution in [0.1, 0.15) is 55.1 Å². The quantitative estimate of drug-likeness (QED) is 0.859. The highest BCUT2D eigenvalue weighted by Crippen LogP contribution is 2.26. The molecule has 0 atom stereocenters. The summed E-state index contributed by atoms with van der Waals surface area (Å²) in [7, 11) is 0. The molecule has 19 heavy (non-hydrogen) atoms. The Morgan fingerprint density at radius 2 is 2.21 bits per heavy atom. The number of nitrogens with two attached hydrogens (primary N) is 1. The van der Waals surface area contributed by atoms with Gasteiger partial charge < -0.3 is 15.1 Å². The molecule has 1 amide bonds. The zero-order chi connectivity index (χ0) is 13.7. The molecule has 2 N–H and O–H groups in total. The second-order valence-corrected chi connectivity index (χ2v) is 5.19. The van der Waals surface area contributed by atoms with E-state index in [4.69, 9.17) is 10.2 Å². The van der Waals surface area contributed by atoms with Gasteiger partial charge in [0.25, 0.3) is 5.91 Å². The van der Waals surface area contributed by atoms with Gasteiger partial charge in [0.1, 0.15) is 5.76 Å². The average Bonchev–Trinajstić information content (AvgIpc) is 3.09. The van der Waals surface area contributed by atoms with Crippen molar-refractivity contribution in [2.75, 3.05) is 13.1 Å². The van der Waals surface area contributed by atoms with Crippen LogP contribution in [0.25, 0.3) is 0 Å². The number of amides is 1. The Hall–Kier alpha value is -1.29. The van der Waals surface area contributed by atoms with Crippen LogP contribution in [-0.2, 0) is 6.42 Å². The van der Waals surface area contributed by atoms with Gasteiger partial charge >= 0.3 is 0 Å². The zero-order valence-corrected chi connectivity index (χ0v) is 11.7. The molecule has 4 nitrogen and oxygen atoms in total. The Morgan fingerprint density at radius 3 is 2.84 bits per heavy atom. The Bertz CT molecular complexity index is 408. The summed E-state index contributed by atoms with van der Waals surface area (Å²) in [5.41, 5.74) is 6.32. The van der Waals surface area contributed by atoms with Gasteiger partial charge in [0.2, 0.25) is 0 Å². The molecule has 0 bridgehead atoms. The molecule has 0 spiro atoms. The SMILES string of the molecule is CCc1occc1C(=O)N(CCCN)C1CCCC1. The van der Waals surface area contributed by atoms with Crippen molar-refractivity contribution in [3.05, 3.63) is 23.7 Å². The molecule has 1 fully saturated rings. The zero-order valence-electron chi connectivity index (χ0n) is 11.7. The van der Waals surface area contributed by atoms with Crippen LogP contribution in [0.3, 0.4) is 0 Å². The lowest BCUT2D eigenvalue weighted by Gasteiger charge is -2.29. The first-order valence-electron chi connectivity index (χ1n) is 7.35. The molecule has 1 heterocycles. The first-order valence-corrected chi connectivity index (χ1v) is 7.35. The number of nitrogens with zero attached hydrogens (tertiary/aromatic N) is 1. The van der Waals surface area contributed by atoms with Gasteiger partial charge in [0.05, 0.1) is 11.8 Å². The van der Waals surface area contributed by atoms with Crippen molar-refractivity contribution in [3.8, 4) is 0 Å². The third-order valence-corrected chi connectivity index (χ3v) is 3.93. The summed E-state index contributed by atoms with van der Waals surface area (Å²) < 4.78 is 5.38. The lowest BCUT2D eigenvalue weighted by atomic mass is 10.1. The van der Waals surface area contributed by atoms with E-state index in [2.05, 4.69) is 0 Å². The molecule has 4 heteroatoms. The minimum atomic E-state index is 0.117. The van der Waals surface area contributed by atoms with Crippen molar-refractivity contribution in [2.24, 2.45) is 5.73 Å². The van der Waals surface area contributed by atoms with Crippen molar-refractivity contribution in [1.29, 1.82) is 0 Å². The highest BCUT2D eigenvalue weighted by Gasteiger charge is 2.28. The van der Waals surface area contributed by atoms with E-state index in [-0.39, 0.29) is 5.91 Å². The van der Waals surface area contributed by atoms with Crippen LogP contribution < -0.4 is 5.73 Å². The molecule has 1 aromatic rings. The van der Waals surface area contributed by atoms with Gasteiger partial charge in [0, 0.05) is 19.0 Å². The van der Waals surface area contributed by atoms with Crippen molar-refractivity contribution >= 4 is 5.91 Å². The topological polar surface area (TPSA) is 59.5 Å². The minimum absolute atomic E-state index is 0.117. The first-order chi connectivity index (χ1) is 9.27. The van der Waals surface area contributed by atoms with E-state index in [1.807, 2.05) is 11.8 Å². The minimum Gasteiger partial charge on any atom is -0.469 e. The van der Waals surface area contributed by atoms with Gasteiger partial charge in [-0.2, -0.15) is 0 Å². The van der Waals surface area contributed by atoms with E-state index in [9.17, 15) is 4.79 Å². The van der Waals surface area contributed by atoms with E-state index >= 15 is 0 Å². The van der Waals surface area contributed by atoms with Gasteiger partial charge in [-0.1, -0.05) is 19.8 Å². The predicted octanol–water partition coefficient (Wildman–Crippen LogP) is 2.58. The Balaban J connectivity index is 2.14. The lowest BCUT2D eigenvalue weighted by molar-refractivity contribution is 0.0678. The molecular formula is C15H24N2O2. The van der Waals surface area contributed by atoms with Crippen LogP contribution in [0.15, 0.2) is 16.7 Å². The standard InChI is InChI=1S/C15H24N2O2/c1-2-14-13(8-11-19-14)15(18)17(10-5-9-16)12-6-3-4-7-12/h8,11-12H,2-7,9-10,16H2,1H3. The number of aryl methyl sites for hydroxylation is 1. The summed E-state index contributed by atoms with van der Waals surface area (Å²) in [6.07, 6.45) is 7.92. The summed E-state index contributed by atoms with van der Waals surface area (Å²) in [5, 5.41) is 0. The maximum Gasteiger partial charge on any atom is 0.257 e. The number of carbonyl (C=O) groups excluding carboxylic acids is 1. The summed E-state index contributed by atoms with van der Waals surface area (Å²) in [4.78, 5) is 14.7. The van der Waals surface area contributed by atoms with Crippen molar-refractivity contribution in [1.82, 2.24) is 4.90 Å². The molecule has 0 saturated heterocycles. The second-order valence-electron chi connectivity index (χ2n) is 5.19. The molecule has 0 radical (unpaired) electrons. The molecule has 106 valence electrons. The second kappa shape index (κ2) is 6.75. The van der Waals surface area contributed by atoms with Gasteiger partial charge in [-0.15, -0.1) is 0 Å². The fraction of sp³-hybridized carbons (Fsp3) is 0.667. The van der Waals surface area contributed by atoms with E-state index in [1.165, 1.54) is 12.8 Å². The van der Waals surface area contributed by atoms with Gasteiger partial charge in [-0.05, 0) is 31.9 Å². The van der Waals surface area contributed by atoms with Gasteiger partial charge in [-0.25, -0.2) is 0 Å². The fourth-order valence-electron chi connectivity index (χ4n) is 2.89. The summed E-state index contributed by atoms with van der Waals surface area (Å²) in [6, 6.07) is 2.18. The van der Waals surface area contributed by atoms with Crippen LogP contribution in [0.4, 0.5) is 0 Å².